The first-order valence-electron chi connectivity index (χ1n) is 7.27. The van der Waals surface area contributed by atoms with E-state index in [2.05, 4.69) is 50.3 Å². The number of hydrogen-bond acceptors (Lipinski definition) is 3. The third-order valence-corrected chi connectivity index (χ3v) is 4.25. The molecule has 1 aromatic rings. The van der Waals surface area contributed by atoms with E-state index in [1.807, 2.05) is 6.07 Å². The minimum atomic E-state index is 0.497. The first kappa shape index (κ1) is 14.4. The average Bonchev–Trinajstić information content (AvgIpc) is 2.71. The van der Waals surface area contributed by atoms with Crippen molar-refractivity contribution < 1.29 is 0 Å². The fraction of sp³-hybridized carbons (Fsp3) is 0.625. The van der Waals surface area contributed by atoms with E-state index < -0.39 is 0 Å². The number of nitrogens with two attached hydrogens (primary N) is 1. The molecule has 1 aromatic carbocycles. The number of likely N-dealkylation sites (N-methyl/N-ethyl adjacent to an activating group) is 1. The molecule has 106 valence electrons. The summed E-state index contributed by atoms with van der Waals surface area (Å²) in [6.07, 6.45) is 2.34. The van der Waals surface area contributed by atoms with E-state index in [-0.39, 0.29) is 0 Å². The Labute approximate surface area is 117 Å². The first-order valence-corrected chi connectivity index (χ1v) is 7.27. The molecule has 1 aliphatic carbocycles. The van der Waals surface area contributed by atoms with Crippen LogP contribution in [-0.4, -0.2) is 31.6 Å². The number of aryl methyl sites for hydroxylation is 1. The van der Waals surface area contributed by atoms with Gasteiger partial charge in [0.2, 0.25) is 0 Å². The smallest absolute Gasteiger partial charge is 0.0326 e. The van der Waals surface area contributed by atoms with E-state index in [4.69, 9.17) is 5.73 Å². The highest BCUT2D eigenvalue weighted by atomic mass is 15.1. The number of anilines is 1. The summed E-state index contributed by atoms with van der Waals surface area (Å²) in [5.74, 6) is 0.662. The molecule has 2 rings (SSSR count). The predicted molar refractivity (Wildman–Crippen MR) is 82.2 cm³/mol. The molecule has 0 radical (unpaired) electrons. The second kappa shape index (κ2) is 5.93. The molecule has 0 fully saturated rings. The van der Waals surface area contributed by atoms with Crippen LogP contribution in [0.1, 0.15) is 37.4 Å². The lowest BCUT2D eigenvalue weighted by Gasteiger charge is -2.29. The Morgan fingerprint density at radius 3 is 2.74 bits per heavy atom. The van der Waals surface area contributed by atoms with Crippen LogP contribution >= 0.6 is 0 Å². The Hall–Kier alpha value is -1.06. The van der Waals surface area contributed by atoms with Crippen molar-refractivity contribution in [3.63, 3.8) is 0 Å². The summed E-state index contributed by atoms with van der Waals surface area (Å²) >= 11 is 0. The van der Waals surface area contributed by atoms with Gasteiger partial charge in [0.05, 0.1) is 0 Å². The molecule has 0 heterocycles. The van der Waals surface area contributed by atoms with Gasteiger partial charge in [-0.2, -0.15) is 0 Å². The zero-order valence-corrected chi connectivity index (χ0v) is 12.6. The van der Waals surface area contributed by atoms with Gasteiger partial charge in [-0.25, -0.2) is 0 Å². The van der Waals surface area contributed by atoms with Gasteiger partial charge in [0, 0.05) is 24.3 Å². The molecule has 0 bridgehead atoms. The fourth-order valence-corrected chi connectivity index (χ4v) is 3.13. The summed E-state index contributed by atoms with van der Waals surface area (Å²) in [4.78, 5) is 2.32. The van der Waals surface area contributed by atoms with Crippen molar-refractivity contribution in [1.29, 1.82) is 0 Å². The van der Waals surface area contributed by atoms with E-state index in [0.29, 0.717) is 18.0 Å². The summed E-state index contributed by atoms with van der Waals surface area (Å²) in [7, 11) is 4.32. The van der Waals surface area contributed by atoms with Crippen LogP contribution in [-0.2, 0) is 6.42 Å². The van der Waals surface area contributed by atoms with Crippen molar-refractivity contribution in [1.82, 2.24) is 10.2 Å². The minimum Gasteiger partial charge on any atom is -0.399 e. The van der Waals surface area contributed by atoms with E-state index >= 15 is 0 Å². The molecule has 0 saturated carbocycles. The van der Waals surface area contributed by atoms with E-state index in [9.17, 15) is 0 Å². The molecule has 3 N–H and O–H groups in total. The van der Waals surface area contributed by atoms with Crippen LogP contribution < -0.4 is 11.1 Å². The zero-order valence-electron chi connectivity index (χ0n) is 12.6. The summed E-state index contributed by atoms with van der Waals surface area (Å²) in [6, 6.07) is 7.41. The summed E-state index contributed by atoms with van der Waals surface area (Å²) in [6.45, 7) is 5.62. The number of fused-ring (bicyclic) bond motifs is 1. The second-order valence-corrected chi connectivity index (χ2v) is 6.23. The van der Waals surface area contributed by atoms with Gasteiger partial charge in [-0.15, -0.1) is 0 Å². The lowest BCUT2D eigenvalue weighted by molar-refractivity contribution is 0.218. The first-order chi connectivity index (χ1) is 8.99. The Kier molecular flexibility index (Phi) is 4.48. The number of benzene rings is 1. The van der Waals surface area contributed by atoms with Gasteiger partial charge in [0.1, 0.15) is 0 Å². The van der Waals surface area contributed by atoms with Gasteiger partial charge in [-0.3, -0.25) is 0 Å². The van der Waals surface area contributed by atoms with Gasteiger partial charge in [-0.05, 0) is 56.1 Å². The maximum atomic E-state index is 5.85. The van der Waals surface area contributed by atoms with Crippen LogP contribution in [0.5, 0.6) is 0 Å². The number of nitrogens with one attached hydrogen (secondary N) is 1. The molecule has 0 spiro atoms. The molecule has 2 unspecified atom stereocenters. The Bertz CT molecular complexity index is 418. The topological polar surface area (TPSA) is 41.3 Å². The highest BCUT2D eigenvalue weighted by molar-refractivity contribution is 5.47. The fourth-order valence-electron chi connectivity index (χ4n) is 3.13. The highest BCUT2D eigenvalue weighted by Crippen LogP contribution is 2.32. The molecule has 0 amide bonds. The molecule has 2 atom stereocenters. The number of nitrogens with zero attached hydrogens (tertiary/aromatic N) is 1. The van der Waals surface area contributed by atoms with Crippen LogP contribution in [0.4, 0.5) is 5.69 Å². The Morgan fingerprint density at radius 1 is 1.37 bits per heavy atom. The van der Waals surface area contributed by atoms with E-state index in [1.165, 1.54) is 17.5 Å². The maximum absolute atomic E-state index is 5.85. The molecule has 0 aromatic heterocycles. The van der Waals surface area contributed by atoms with Crippen LogP contribution in [0, 0.1) is 5.92 Å². The molecule has 0 aliphatic heterocycles. The van der Waals surface area contributed by atoms with Crippen molar-refractivity contribution in [2.45, 2.75) is 38.8 Å². The van der Waals surface area contributed by atoms with Gasteiger partial charge < -0.3 is 16.0 Å². The van der Waals surface area contributed by atoms with E-state index in [1.54, 1.807) is 0 Å². The summed E-state index contributed by atoms with van der Waals surface area (Å²) in [5.41, 5.74) is 9.59. The van der Waals surface area contributed by atoms with E-state index in [0.717, 1.165) is 18.7 Å². The van der Waals surface area contributed by atoms with Crippen LogP contribution in [0.3, 0.4) is 0 Å². The molecule has 3 nitrogen and oxygen atoms in total. The molecular formula is C16H27N3. The van der Waals surface area contributed by atoms with Gasteiger partial charge in [0.25, 0.3) is 0 Å². The van der Waals surface area contributed by atoms with Gasteiger partial charge >= 0.3 is 0 Å². The molecule has 19 heavy (non-hydrogen) atoms. The van der Waals surface area contributed by atoms with Crippen LogP contribution in [0.15, 0.2) is 18.2 Å². The van der Waals surface area contributed by atoms with Crippen molar-refractivity contribution >= 4 is 5.69 Å². The van der Waals surface area contributed by atoms with Crippen LogP contribution in [0.2, 0.25) is 0 Å². The lowest BCUT2D eigenvalue weighted by atomic mass is 10.0. The molecule has 3 heteroatoms. The molecule has 1 aliphatic rings. The lowest BCUT2D eigenvalue weighted by Crippen LogP contribution is -2.42. The van der Waals surface area contributed by atoms with Gasteiger partial charge in [0.15, 0.2) is 0 Å². The Morgan fingerprint density at radius 2 is 2.11 bits per heavy atom. The second-order valence-electron chi connectivity index (χ2n) is 6.23. The summed E-state index contributed by atoms with van der Waals surface area (Å²) < 4.78 is 0. The normalized spacial score (nSPS) is 20.0. The quantitative estimate of drug-likeness (QED) is 0.800. The standard InChI is InChI=1S/C16H27N3/c1-11(2)16(19(3)4)10-18-15-8-5-12-9-13(17)6-7-14(12)15/h6-7,9,11,15-16,18H,5,8,10,17H2,1-4H3. The molecule has 0 saturated heterocycles. The van der Waals surface area contributed by atoms with Crippen molar-refractivity contribution in [3.8, 4) is 0 Å². The Balaban J connectivity index is 1.99. The minimum absolute atomic E-state index is 0.497. The summed E-state index contributed by atoms with van der Waals surface area (Å²) in [5, 5.41) is 3.74. The highest BCUT2D eigenvalue weighted by Gasteiger charge is 2.24. The SMILES string of the molecule is CC(C)C(CNC1CCc2cc(N)ccc21)N(C)C. The van der Waals surface area contributed by atoms with Crippen molar-refractivity contribution in [2.75, 3.05) is 26.4 Å². The van der Waals surface area contributed by atoms with Crippen molar-refractivity contribution in [3.05, 3.63) is 29.3 Å². The van der Waals surface area contributed by atoms with Crippen molar-refractivity contribution in [2.24, 2.45) is 5.92 Å². The third-order valence-electron chi connectivity index (χ3n) is 4.25. The largest absolute Gasteiger partial charge is 0.399 e. The monoisotopic (exact) mass is 261 g/mol. The predicted octanol–water partition coefficient (Wildman–Crippen LogP) is 2.43. The van der Waals surface area contributed by atoms with Crippen LogP contribution in [0.25, 0.3) is 0 Å². The zero-order chi connectivity index (χ0) is 14.0. The third kappa shape index (κ3) is 3.28. The number of rotatable bonds is 5. The maximum Gasteiger partial charge on any atom is 0.0326 e. The number of hydrogen-bond donors (Lipinski definition) is 2. The average molecular weight is 261 g/mol. The van der Waals surface area contributed by atoms with Gasteiger partial charge in [-0.1, -0.05) is 19.9 Å². The molecular weight excluding hydrogens is 234 g/mol. The number of nitrogen functional groups attached to an aromatic ring is 1.